The molecule has 0 spiro atoms. The molecule has 2 N–H and O–H groups in total. The Labute approximate surface area is 278 Å². The lowest BCUT2D eigenvalue weighted by Crippen LogP contribution is -2.59. The number of benzene rings is 2. The Morgan fingerprint density at radius 1 is 0.957 bits per heavy atom. The van der Waals surface area contributed by atoms with Crippen LogP contribution in [0.1, 0.15) is 75.4 Å². The van der Waals surface area contributed by atoms with Gasteiger partial charge in [-0.3, -0.25) is 4.79 Å². The van der Waals surface area contributed by atoms with Gasteiger partial charge in [0.15, 0.2) is 6.61 Å². The molecule has 2 aliphatic rings. The zero-order chi connectivity index (χ0) is 34.5. The molecule has 0 bridgehead atoms. The number of aromatic carboxylic acids is 1. The van der Waals surface area contributed by atoms with E-state index in [1.54, 1.807) is 36.3 Å². The number of fused-ring (bicyclic) bond motifs is 1. The largest absolute Gasteiger partial charge is 0.482 e. The number of rotatable bonds is 14. The fourth-order valence-electron chi connectivity index (χ4n) is 7.50. The van der Waals surface area contributed by atoms with Crippen molar-refractivity contribution in [1.29, 1.82) is 0 Å². The second-order valence-corrected chi connectivity index (χ2v) is 18.9. The number of carbonyl (C=O) groups excluding carboxylic acids is 1. The summed E-state index contributed by atoms with van der Waals surface area (Å²) < 4.78 is 24.8. The van der Waals surface area contributed by atoms with Crippen LogP contribution in [0, 0.1) is 0 Å². The van der Waals surface area contributed by atoms with Crippen molar-refractivity contribution in [1.82, 2.24) is 4.90 Å². The maximum absolute atomic E-state index is 12.7. The van der Waals surface area contributed by atoms with E-state index in [0.717, 1.165) is 11.1 Å². The summed E-state index contributed by atoms with van der Waals surface area (Å²) in [5, 5.41) is 19.8. The molecule has 47 heavy (non-hydrogen) atoms. The van der Waals surface area contributed by atoms with Gasteiger partial charge in [-0.2, -0.15) is 0 Å². The van der Waals surface area contributed by atoms with Crippen LogP contribution in [-0.4, -0.2) is 93.6 Å². The Balaban J connectivity index is 1.71. The number of nitrogens with zero attached hydrogens (tertiary/aromatic N) is 2. The van der Waals surface area contributed by atoms with E-state index in [1.807, 2.05) is 18.2 Å². The summed E-state index contributed by atoms with van der Waals surface area (Å²) in [6.07, 6.45) is -1.47. The number of ether oxygens (including phenoxy) is 3. The summed E-state index contributed by atoms with van der Waals surface area (Å²) in [6, 6.07) is 12.3. The molecule has 2 aromatic rings. The molecule has 4 rings (SSSR count). The van der Waals surface area contributed by atoms with Crippen LogP contribution in [0.25, 0.3) is 0 Å². The van der Waals surface area contributed by atoms with Crippen molar-refractivity contribution in [2.75, 3.05) is 44.9 Å². The van der Waals surface area contributed by atoms with E-state index in [1.165, 1.54) is 4.90 Å². The number of methoxy groups -OCH3 is 1. The first kappa shape index (κ1) is 36.4. The Bertz CT molecular complexity index is 1380. The molecule has 1 saturated heterocycles. The molecule has 2 aromatic carbocycles. The average molecular weight is 671 g/mol. The zero-order valence-corrected chi connectivity index (χ0v) is 29.6. The van der Waals surface area contributed by atoms with Gasteiger partial charge < -0.3 is 38.6 Å². The topological polar surface area (TPSA) is 135 Å². The van der Waals surface area contributed by atoms with Crippen LogP contribution in [0.4, 0.5) is 10.5 Å². The second-order valence-electron chi connectivity index (χ2n) is 13.4. The number of hydrogen-bond donors (Lipinski definition) is 2. The SMILES string of the molecule is COCCCN1C(=O)COc2ccc(CO[C@H]3CN(C(=O)O)CC(O[Si](C(C)C)(C(C)C)C(C)C)C3c3ccc(C(=O)O)cc3)cc21. The standard InChI is InChI=1S/C35H50N2O9Si/c1-22(2)47(23(3)4,24(5)6)46-31-19-36(35(41)42)18-30(33(31)26-10-12-27(13-11-26)34(39)40)44-20-25-9-14-29-28(17-25)37(15-8-16-43-7)32(38)21-45-29/h9-14,17,22-24,30-31,33H,8,15-16,18-21H2,1-7H3,(H,39,40)(H,41,42)/t30-,31?,33?/m0/s1. The monoisotopic (exact) mass is 670 g/mol. The van der Waals surface area contributed by atoms with Crippen molar-refractivity contribution in [3.8, 4) is 5.75 Å². The van der Waals surface area contributed by atoms with Gasteiger partial charge >= 0.3 is 12.1 Å². The fraction of sp³-hybridized carbons (Fsp3) is 0.571. The molecule has 2 aliphatic heterocycles. The number of anilines is 1. The maximum atomic E-state index is 12.7. The van der Waals surface area contributed by atoms with Gasteiger partial charge in [0, 0.05) is 32.7 Å². The number of amides is 2. The number of hydrogen-bond acceptors (Lipinski definition) is 7. The Morgan fingerprint density at radius 2 is 1.60 bits per heavy atom. The van der Waals surface area contributed by atoms with Gasteiger partial charge in [-0.05, 0) is 58.4 Å². The average Bonchev–Trinajstić information content (AvgIpc) is 3.02. The van der Waals surface area contributed by atoms with Gasteiger partial charge in [0.25, 0.3) is 5.91 Å². The highest BCUT2D eigenvalue weighted by Crippen LogP contribution is 2.46. The number of carbonyl (C=O) groups is 3. The minimum atomic E-state index is -2.47. The lowest BCUT2D eigenvalue weighted by Gasteiger charge is -2.50. The van der Waals surface area contributed by atoms with E-state index >= 15 is 0 Å². The molecule has 2 heterocycles. The first-order valence-electron chi connectivity index (χ1n) is 16.5. The Kier molecular flexibility index (Phi) is 12.1. The molecule has 12 heteroatoms. The number of piperidine rings is 1. The van der Waals surface area contributed by atoms with E-state index in [-0.39, 0.29) is 60.3 Å². The van der Waals surface area contributed by atoms with Crippen LogP contribution in [0.2, 0.25) is 16.6 Å². The van der Waals surface area contributed by atoms with Gasteiger partial charge in [-0.1, -0.05) is 59.7 Å². The van der Waals surface area contributed by atoms with E-state index in [9.17, 15) is 24.6 Å². The normalized spacial score (nSPS) is 20.1. The minimum Gasteiger partial charge on any atom is -0.482 e. The fourth-order valence-corrected chi connectivity index (χ4v) is 13.1. The molecule has 258 valence electrons. The quantitative estimate of drug-likeness (QED) is 0.174. The van der Waals surface area contributed by atoms with E-state index in [2.05, 4.69) is 41.5 Å². The van der Waals surface area contributed by atoms with E-state index in [4.69, 9.17) is 18.6 Å². The van der Waals surface area contributed by atoms with E-state index in [0.29, 0.717) is 31.0 Å². The van der Waals surface area contributed by atoms with Crippen LogP contribution >= 0.6 is 0 Å². The van der Waals surface area contributed by atoms with Gasteiger partial charge in [0.1, 0.15) is 5.75 Å². The summed E-state index contributed by atoms with van der Waals surface area (Å²) in [7, 11) is -0.847. The molecule has 1 fully saturated rings. The predicted octanol–water partition coefficient (Wildman–Crippen LogP) is 6.37. The smallest absolute Gasteiger partial charge is 0.407 e. The second kappa shape index (κ2) is 15.6. The van der Waals surface area contributed by atoms with Crippen LogP contribution in [0.15, 0.2) is 42.5 Å². The molecule has 0 aliphatic carbocycles. The van der Waals surface area contributed by atoms with Gasteiger partial charge in [-0.25, -0.2) is 9.59 Å². The summed E-state index contributed by atoms with van der Waals surface area (Å²) in [6.45, 7) is 14.6. The van der Waals surface area contributed by atoms with E-state index < -0.39 is 32.6 Å². The molecule has 0 radical (unpaired) electrons. The highest BCUT2D eigenvalue weighted by atomic mass is 28.4. The van der Waals surface area contributed by atoms with Gasteiger partial charge in [0.05, 0.1) is 36.6 Å². The summed E-state index contributed by atoms with van der Waals surface area (Å²) in [4.78, 5) is 40.0. The highest BCUT2D eigenvalue weighted by Gasteiger charge is 2.51. The van der Waals surface area contributed by atoms with Crippen LogP contribution < -0.4 is 9.64 Å². The first-order chi connectivity index (χ1) is 22.3. The van der Waals surface area contributed by atoms with Gasteiger partial charge in [-0.15, -0.1) is 0 Å². The molecule has 2 amide bonds. The molecular weight excluding hydrogens is 620 g/mol. The number of carboxylic acids is 1. The Hall–Kier alpha value is -3.45. The van der Waals surface area contributed by atoms with Crippen molar-refractivity contribution in [2.24, 2.45) is 0 Å². The van der Waals surface area contributed by atoms with Crippen LogP contribution in [0.5, 0.6) is 5.75 Å². The zero-order valence-electron chi connectivity index (χ0n) is 28.6. The third-order valence-corrected chi connectivity index (χ3v) is 15.8. The third-order valence-electron chi connectivity index (χ3n) is 9.64. The van der Waals surface area contributed by atoms with Crippen molar-refractivity contribution >= 4 is 32.0 Å². The molecular formula is C35H50N2O9Si. The Morgan fingerprint density at radius 3 is 2.17 bits per heavy atom. The maximum Gasteiger partial charge on any atom is 0.407 e. The van der Waals surface area contributed by atoms with Crippen LogP contribution in [0.3, 0.4) is 0 Å². The summed E-state index contributed by atoms with van der Waals surface area (Å²) >= 11 is 0. The van der Waals surface area contributed by atoms with Crippen molar-refractivity contribution in [2.45, 2.75) is 89.3 Å². The van der Waals surface area contributed by atoms with Crippen molar-refractivity contribution < 1.29 is 43.2 Å². The molecule has 3 atom stereocenters. The van der Waals surface area contributed by atoms with Crippen molar-refractivity contribution in [3.05, 3.63) is 59.2 Å². The molecule has 2 unspecified atom stereocenters. The number of carboxylic acid groups (broad SMARTS) is 2. The summed E-state index contributed by atoms with van der Waals surface area (Å²) in [5.74, 6) is -0.892. The molecule has 0 saturated carbocycles. The lowest BCUT2D eigenvalue weighted by molar-refractivity contribution is -0.121. The highest BCUT2D eigenvalue weighted by molar-refractivity contribution is 6.77. The predicted molar refractivity (Wildman–Crippen MR) is 181 cm³/mol. The number of likely N-dealkylation sites (tertiary alicyclic amines) is 1. The van der Waals surface area contributed by atoms with Crippen LogP contribution in [-0.2, 0) is 25.3 Å². The van der Waals surface area contributed by atoms with Gasteiger partial charge in [0.2, 0.25) is 8.32 Å². The summed E-state index contributed by atoms with van der Waals surface area (Å²) in [5.41, 5.74) is 3.28. The third kappa shape index (κ3) is 7.99. The minimum absolute atomic E-state index is 0.0272. The molecule has 11 nitrogen and oxygen atoms in total. The first-order valence-corrected chi connectivity index (χ1v) is 18.6. The lowest BCUT2D eigenvalue weighted by atomic mass is 9.84. The molecule has 0 aromatic heterocycles. The van der Waals surface area contributed by atoms with Crippen molar-refractivity contribution in [3.63, 3.8) is 0 Å².